The first-order valence-corrected chi connectivity index (χ1v) is 8.97. The summed E-state index contributed by atoms with van der Waals surface area (Å²) in [6.07, 6.45) is -4.10. The van der Waals surface area contributed by atoms with Crippen LogP contribution in [0.2, 0.25) is 0 Å². The van der Waals surface area contributed by atoms with E-state index in [9.17, 15) is 22.4 Å². The molecule has 0 radical (unpaired) electrons. The Balaban J connectivity index is 2.27. The number of ether oxygens (including phenoxy) is 1. The van der Waals surface area contributed by atoms with Crippen molar-refractivity contribution in [3.05, 3.63) is 47.4 Å². The molecule has 0 unspecified atom stereocenters. The molecule has 0 saturated heterocycles. The van der Waals surface area contributed by atoms with Crippen LogP contribution in [-0.4, -0.2) is 29.8 Å². The Hall–Kier alpha value is -3.43. The number of hydrogen-bond acceptors (Lipinski definition) is 5. The maximum atomic E-state index is 14.7. The van der Waals surface area contributed by atoms with Crippen LogP contribution in [0.4, 0.5) is 23.2 Å². The zero-order valence-corrected chi connectivity index (χ0v) is 16.1. The average Bonchev–Trinajstić information content (AvgIpc) is 2.71. The number of amides is 1. The number of rotatable bonds is 5. The van der Waals surface area contributed by atoms with Crippen molar-refractivity contribution >= 4 is 22.5 Å². The van der Waals surface area contributed by atoms with Crippen LogP contribution in [0.3, 0.4) is 0 Å². The second kappa shape index (κ2) is 8.13. The van der Waals surface area contributed by atoms with Crippen molar-refractivity contribution in [3.8, 4) is 16.9 Å². The number of nitrogens with two attached hydrogens (primary N) is 1. The highest BCUT2D eigenvalue weighted by Crippen LogP contribution is 2.42. The first kappa shape index (κ1) is 21.3. The summed E-state index contributed by atoms with van der Waals surface area (Å²) in [6.45, 7) is 2.24. The van der Waals surface area contributed by atoms with Gasteiger partial charge in [-0.25, -0.2) is 4.39 Å². The number of hydrogen-bond donors (Lipinski definition) is 2. The van der Waals surface area contributed by atoms with Crippen molar-refractivity contribution in [3.63, 3.8) is 0 Å². The summed E-state index contributed by atoms with van der Waals surface area (Å²) in [5.41, 5.74) is 3.61. The molecule has 2 aromatic carbocycles. The molecule has 0 aliphatic carbocycles. The number of nitrogen functional groups attached to an aromatic ring is 1. The van der Waals surface area contributed by atoms with Gasteiger partial charge in [-0.2, -0.15) is 13.2 Å². The zero-order valence-electron chi connectivity index (χ0n) is 16.1. The standard InChI is InChI=1S/C20H18F4N4O2/c1-3-8-26-19(29)18-16(25)12-6-7-14(21)15(17(12)27-28-18)11-5-4-10(30-2)9-13(11)20(22,23)24/h4-7,9H,3,8H2,1-2H3,(H2,25,27)(H,26,29). The van der Waals surface area contributed by atoms with E-state index in [1.54, 1.807) is 0 Å². The number of carbonyl (C=O) groups excluding carboxylic acids is 1. The van der Waals surface area contributed by atoms with Gasteiger partial charge in [0.2, 0.25) is 0 Å². The van der Waals surface area contributed by atoms with Gasteiger partial charge in [0.05, 0.1) is 18.4 Å². The van der Waals surface area contributed by atoms with Crippen LogP contribution in [0, 0.1) is 5.82 Å². The maximum absolute atomic E-state index is 14.7. The lowest BCUT2D eigenvalue weighted by Crippen LogP contribution is -2.26. The van der Waals surface area contributed by atoms with Crippen molar-refractivity contribution in [1.29, 1.82) is 0 Å². The molecule has 0 aliphatic rings. The smallest absolute Gasteiger partial charge is 0.417 e. The van der Waals surface area contributed by atoms with E-state index in [2.05, 4.69) is 15.5 Å². The van der Waals surface area contributed by atoms with Crippen molar-refractivity contribution in [2.75, 3.05) is 19.4 Å². The normalized spacial score (nSPS) is 11.5. The first-order valence-electron chi connectivity index (χ1n) is 8.97. The van der Waals surface area contributed by atoms with E-state index >= 15 is 0 Å². The molecule has 3 aromatic rings. The molecule has 0 fully saturated rings. The Morgan fingerprint density at radius 3 is 2.57 bits per heavy atom. The van der Waals surface area contributed by atoms with Gasteiger partial charge in [-0.3, -0.25) is 4.79 Å². The SMILES string of the molecule is CCCNC(=O)c1nnc2c(-c3ccc(OC)cc3C(F)(F)F)c(F)ccc2c1N. The van der Waals surface area contributed by atoms with Gasteiger partial charge >= 0.3 is 6.18 Å². The Morgan fingerprint density at radius 2 is 1.93 bits per heavy atom. The summed E-state index contributed by atoms with van der Waals surface area (Å²) in [4.78, 5) is 12.2. The summed E-state index contributed by atoms with van der Waals surface area (Å²) < 4.78 is 60.6. The minimum absolute atomic E-state index is 0.0350. The number of fused-ring (bicyclic) bond motifs is 1. The van der Waals surface area contributed by atoms with Gasteiger partial charge in [0.25, 0.3) is 5.91 Å². The summed E-state index contributed by atoms with van der Waals surface area (Å²) in [6, 6.07) is 5.39. The molecule has 0 bridgehead atoms. The lowest BCUT2D eigenvalue weighted by atomic mass is 9.95. The van der Waals surface area contributed by atoms with Crippen LogP contribution >= 0.6 is 0 Å². The molecule has 0 saturated carbocycles. The summed E-state index contributed by atoms with van der Waals surface area (Å²) in [5.74, 6) is -1.54. The number of benzene rings is 2. The third-order valence-electron chi connectivity index (χ3n) is 4.47. The molecule has 0 aliphatic heterocycles. The number of alkyl halides is 3. The van der Waals surface area contributed by atoms with Crippen molar-refractivity contribution in [2.24, 2.45) is 0 Å². The second-order valence-corrected chi connectivity index (χ2v) is 6.45. The van der Waals surface area contributed by atoms with Gasteiger partial charge < -0.3 is 15.8 Å². The van der Waals surface area contributed by atoms with E-state index in [4.69, 9.17) is 10.5 Å². The van der Waals surface area contributed by atoms with Crippen molar-refractivity contribution in [2.45, 2.75) is 19.5 Å². The number of nitrogens with zero attached hydrogens (tertiary/aromatic N) is 2. The molecule has 0 spiro atoms. The van der Waals surface area contributed by atoms with E-state index < -0.39 is 34.6 Å². The third kappa shape index (κ3) is 3.85. The van der Waals surface area contributed by atoms with Gasteiger partial charge in [0, 0.05) is 17.5 Å². The highest BCUT2D eigenvalue weighted by atomic mass is 19.4. The van der Waals surface area contributed by atoms with Crippen LogP contribution in [0.1, 0.15) is 29.4 Å². The van der Waals surface area contributed by atoms with Gasteiger partial charge in [-0.1, -0.05) is 6.92 Å². The fourth-order valence-corrected chi connectivity index (χ4v) is 3.02. The van der Waals surface area contributed by atoms with E-state index in [1.165, 1.54) is 19.2 Å². The van der Waals surface area contributed by atoms with E-state index in [0.717, 1.165) is 18.2 Å². The molecule has 3 rings (SSSR count). The highest BCUT2D eigenvalue weighted by Gasteiger charge is 2.35. The van der Waals surface area contributed by atoms with E-state index in [-0.39, 0.29) is 28.0 Å². The van der Waals surface area contributed by atoms with Crippen molar-refractivity contribution in [1.82, 2.24) is 15.5 Å². The minimum atomic E-state index is -4.78. The van der Waals surface area contributed by atoms with Gasteiger partial charge in [0.1, 0.15) is 17.1 Å². The van der Waals surface area contributed by atoms with Crippen LogP contribution in [0.25, 0.3) is 22.0 Å². The monoisotopic (exact) mass is 422 g/mol. The molecular formula is C20H18F4N4O2. The van der Waals surface area contributed by atoms with Crippen LogP contribution in [0.15, 0.2) is 30.3 Å². The molecule has 10 heteroatoms. The van der Waals surface area contributed by atoms with Gasteiger partial charge in [-0.05, 0) is 42.3 Å². The lowest BCUT2D eigenvalue weighted by Gasteiger charge is -2.17. The molecule has 1 amide bonds. The zero-order chi connectivity index (χ0) is 22.1. The van der Waals surface area contributed by atoms with Crippen LogP contribution in [-0.2, 0) is 6.18 Å². The molecule has 158 valence electrons. The molecule has 6 nitrogen and oxygen atoms in total. The summed E-state index contributed by atoms with van der Waals surface area (Å²) >= 11 is 0. The topological polar surface area (TPSA) is 90.1 Å². The number of nitrogens with one attached hydrogen (secondary N) is 1. The lowest BCUT2D eigenvalue weighted by molar-refractivity contribution is -0.137. The molecule has 30 heavy (non-hydrogen) atoms. The summed E-state index contributed by atoms with van der Waals surface area (Å²) in [7, 11) is 1.23. The molecule has 0 atom stereocenters. The molecular weight excluding hydrogens is 404 g/mol. The predicted octanol–water partition coefficient (Wildman–Crippen LogP) is 4.19. The minimum Gasteiger partial charge on any atom is -0.497 e. The predicted molar refractivity (Wildman–Crippen MR) is 104 cm³/mol. The fraction of sp³-hybridized carbons (Fsp3) is 0.250. The Morgan fingerprint density at radius 1 is 1.20 bits per heavy atom. The fourth-order valence-electron chi connectivity index (χ4n) is 3.02. The van der Waals surface area contributed by atoms with E-state index in [0.29, 0.717) is 13.0 Å². The number of aromatic nitrogens is 2. The molecule has 1 aromatic heterocycles. The summed E-state index contributed by atoms with van der Waals surface area (Å²) in [5, 5.41) is 10.3. The first-order chi connectivity index (χ1) is 14.2. The Labute approximate surface area is 169 Å². The number of methoxy groups -OCH3 is 1. The maximum Gasteiger partial charge on any atom is 0.417 e. The Kier molecular flexibility index (Phi) is 5.77. The Bertz CT molecular complexity index is 1120. The van der Waals surface area contributed by atoms with Crippen molar-refractivity contribution < 1.29 is 27.1 Å². The number of halogens is 4. The average molecular weight is 422 g/mol. The third-order valence-corrected chi connectivity index (χ3v) is 4.47. The highest BCUT2D eigenvalue weighted by molar-refractivity contribution is 6.07. The van der Waals surface area contributed by atoms with Crippen LogP contribution in [0.5, 0.6) is 5.75 Å². The van der Waals surface area contributed by atoms with Crippen LogP contribution < -0.4 is 15.8 Å². The van der Waals surface area contributed by atoms with Gasteiger partial charge in [0.15, 0.2) is 5.69 Å². The molecule has 3 N–H and O–H groups in total. The number of anilines is 1. The number of carbonyl (C=O) groups is 1. The second-order valence-electron chi connectivity index (χ2n) is 6.45. The molecule has 1 heterocycles. The van der Waals surface area contributed by atoms with Gasteiger partial charge in [-0.15, -0.1) is 10.2 Å². The quantitative estimate of drug-likeness (QED) is 0.602. The largest absolute Gasteiger partial charge is 0.497 e. The van der Waals surface area contributed by atoms with E-state index in [1.807, 2.05) is 6.92 Å².